The molecule has 0 spiro atoms. The number of benzene rings is 2. The number of nitrogens with zero attached hydrogens (tertiary/aromatic N) is 5. The molecule has 4 aromatic rings. The van der Waals surface area contributed by atoms with Crippen molar-refractivity contribution in [3.8, 4) is 22.8 Å². The highest BCUT2D eigenvalue weighted by Gasteiger charge is 2.22. The SMILES string of the molecule is CN1CC[C@H](Cn2nc(-c3ccc(Oc4ccccc4)cc3)c3cncnc32)C1. The number of aromatic nitrogens is 4. The fourth-order valence-electron chi connectivity index (χ4n) is 3.98. The molecule has 0 N–H and O–H groups in total. The summed E-state index contributed by atoms with van der Waals surface area (Å²) in [5, 5.41) is 5.90. The summed E-state index contributed by atoms with van der Waals surface area (Å²) in [5.41, 5.74) is 2.85. The Bertz CT molecular complexity index is 1110. The quantitative estimate of drug-likeness (QED) is 0.514. The summed E-state index contributed by atoms with van der Waals surface area (Å²) in [6.07, 6.45) is 4.65. The van der Waals surface area contributed by atoms with Gasteiger partial charge in [-0.3, -0.25) is 0 Å². The normalized spacial score (nSPS) is 17.1. The number of rotatable bonds is 5. The Morgan fingerprint density at radius 1 is 1.03 bits per heavy atom. The summed E-state index contributed by atoms with van der Waals surface area (Å²) in [6, 6.07) is 17.8. The van der Waals surface area contributed by atoms with Gasteiger partial charge in [0, 0.05) is 24.8 Å². The van der Waals surface area contributed by atoms with Gasteiger partial charge >= 0.3 is 0 Å². The average Bonchev–Trinajstić information content (AvgIpc) is 3.33. The Labute approximate surface area is 169 Å². The van der Waals surface area contributed by atoms with E-state index in [1.807, 2.05) is 65.5 Å². The van der Waals surface area contributed by atoms with Crippen molar-refractivity contribution in [2.45, 2.75) is 13.0 Å². The summed E-state index contributed by atoms with van der Waals surface area (Å²) < 4.78 is 7.95. The van der Waals surface area contributed by atoms with Crippen LogP contribution in [0.15, 0.2) is 67.1 Å². The molecule has 0 radical (unpaired) electrons. The molecule has 1 fully saturated rings. The molecule has 6 nitrogen and oxygen atoms in total. The van der Waals surface area contributed by atoms with Crippen molar-refractivity contribution in [2.75, 3.05) is 20.1 Å². The predicted molar refractivity (Wildman–Crippen MR) is 113 cm³/mol. The summed E-state index contributed by atoms with van der Waals surface area (Å²) >= 11 is 0. The van der Waals surface area contributed by atoms with Crippen LogP contribution in [0.25, 0.3) is 22.3 Å². The van der Waals surface area contributed by atoms with Gasteiger partial charge in [0.1, 0.15) is 23.5 Å². The third-order valence-electron chi connectivity index (χ3n) is 5.44. The zero-order chi connectivity index (χ0) is 19.6. The maximum atomic E-state index is 5.91. The van der Waals surface area contributed by atoms with Crippen LogP contribution >= 0.6 is 0 Å². The maximum absolute atomic E-state index is 5.91. The lowest BCUT2D eigenvalue weighted by Gasteiger charge is -2.10. The van der Waals surface area contributed by atoms with E-state index in [4.69, 9.17) is 9.84 Å². The van der Waals surface area contributed by atoms with Crippen LogP contribution in [0, 0.1) is 5.92 Å². The monoisotopic (exact) mass is 385 g/mol. The van der Waals surface area contributed by atoms with E-state index in [0.29, 0.717) is 5.92 Å². The van der Waals surface area contributed by atoms with E-state index in [1.54, 1.807) is 6.33 Å². The highest BCUT2D eigenvalue weighted by molar-refractivity contribution is 5.90. The van der Waals surface area contributed by atoms with E-state index >= 15 is 0 Å². The van der Waals surface area contributed by atoms with Crippen LogP contribution in [0.4, 0.5) is 0 Å². The first-order valence-electron chi connectivity index (χ1n) is 9.95. The molecular formula is C23H23N5O. The second kappa shape index (κ2) is 7.64. The summed E-state index contributed by atoms with van der Waals surface area (Å²) in [4.78, 5) is 11.1. The number of hydrogen-bond acceptors (Lipinski definition) is 5. The molecule has 1 atom stereocenters. The van der Waals surface area contributed by atoms with Crippen molar-refractivity contribution in [3.63, 3.8) is 0 Å². The van der Waals surface area contributed by atoms with Crippen LogP contribution in [0.1, 0.15) is 6.42 Å². The van der Waals surface area contributed by atoms with Gasteiger partial charge in [-0.1, -0.05) is 18.2 Å². The van der Waals surface area contributed by atoms with E-state index in [9.17, 15) is 0 Å². The molecule has 0 aliphatic carbocycles. The third kappa shape index (κ3) is 3.71. The molecule has 1 saturated heterocycles. The first-order valence-corrected chi connectivity index (χ1v) is 9.95. The van der Waals surface area contributed by atoms with Gasteiger partial charge in [0.2, 0.25) is 0 Å². The minimum Gasteiger partial charge on any atom is -0.457 e. The summed E-state index contributed by atoms with van der Waals surface area (Å²) in [7, 11) is 2.17. The zero-order valence-corrected chi connectivity index (χ0v) is 16.4. The van der Waals surface area contributed by atoms with Crippen LogP contribution in [-0.2, 0) is 6.54 Å². The molecule has 1 aliphatic rings. The largest absolute Gasteiger partial charge is 0.457 e. The molecule has 0 bridgehead atoms. The van der Waals surface area contributed by atoms with Gasteiger partial charge in [0.05, 0.1) is 5.39 Å². The van der Waals surface area contributed by atoms with Crippen molar-refractivity contribution in [3.05, 3.63) is 67.1 Å². The van der Waals surface area contributed by atoms with Crippen molar-refractivity contribution in [2.24, 2.45) is 5.92 Å². The Morgan fingerprint density at radius 2 is 1.83 bits per heavy atom. The van der Waals surface area contributed by atoms with Crippen LogP contribution in [-0.4, -0.2) is 44.8 Å². The third-order valence-corrected chi connectivity index (χ3v) is 5.44. The first kappa shape index (κ1) is 17.8. The Morgan fingerprint density at radius 3 is 2.59 bits per heavy atom. The molecular weight excluding hydrogens is 362 g/mol. The average molecular weight is 385 g/mol. The van der Waals surface area contributed by atoms with E-state index in [1.165, 1.54) is 6.42 Å². The maximum Gasteiger partial charge on any atom is 0.161 e. The van der Waals surface area contributed by atoms with Crippen LogP contribution in [0.3, 0.4) is 0 Å². The number of para-hydroxylation sites is 1. The number of fused-ring (bicyclic) bond motifs is 1. The molecule has 0 saturated carbocycles. The van der Waals surface area contributed by atoms with E-state index in [0.717, 1.165) is 53.4 Å². The molecule has 3 heterocycles. The molecule has 2 aromatic heterocycles. The van der Waals surface area contributed by atoms with Crippen molar-refractivity contribution >= 4 is 11.0 Å². The van der Waals surface area contributed by atoms with Crippen LogP contribution < -0.4 is 4.74 Å². The lowest BCUT2D eigenvalue weighted by atomic mass is 10.1. The molecule has 0 unspecified atom stereocenters. The summed E-state index contributed by atoms with van der Waals surface area (Å²) in [6.45, 7) is 3.13. The standard InChI is InChI=1S/C23H23N5O/c1-27-12-11-17(14-27)15-28-23-21(13-24-16-25-23)22(26-28)18-7-9-20(10-8-18)29-19-5-3-2-4-6-19/h2-10,13,16-17H,11-12,14-15H2,1H3/t17-/m0/s1. The van der Waals surface area contributed by atoms with Crippen LogP contribution in [0.5, 0.6) is 11.5 Å². The first-order chi connectivity index (χ1) is 14.3. The molecule has 1 aliphatic heterocycles. The minimum absolute atomic E-state index is 0.604. The fourth-order valence-corrected chi connectivity index (χ4v) is 3.98. The topological polar surface area (TPSA) is 56.1 Å². The van der Waals surface area contributed by atoms with Gasteiger partial charge in [0.15, 0.2) is 5.65 Å². The number of likely N-dealkylation sites (tertiary alicyclic amines) is 1. The molecule has 0 amide bonds. The number of ether oxygens (including phenoxy) is 1. The van der Waals surface area contributed by atoms with Gasteiger partial charge in [-0.15, -0.1) is 0 Å². The van der Waals surface area contributed by atoms with Crippen molar-refractivity contribution in [1.82, 2.24) is 24.6 Å². The van der Waals surface area contributed by atoms with Crippen molar-refractivity contribution in [1.29, 1.82) is 0 Å². The van der Waals surface area contributed by atoms with E-state index in [2.05, 4.69) is 21.9 Å². The fraction of sp³-hybridized carbons (Fsp3) is 0.261. The van der Waals surface area contributed by atoms with Crippen LogP contribution in [0.2, 0.25) is 0 Å². The molecule has 5 rings (SSSR count). The van der Waals surface area contributed by atoms with E-state index in [-0.39, 0.29) is 0 Å². The smallest absolute Gasteiger partial charge is 0.161 e. The second-order valence-corrected chi connectivity index (χ2v) is 7.65. The minimum atomic E-state index is 0.604. The van der Waals surface area contributed by atoms with Crippen molar-refractivity contribution < 1.29 is 4.74 Å². The highest BCUT2D eigenvalue weighted by Crippen LogP contribution is 2.30. The highest BCUT2D eigenvalue weighted by atomic mass is 16.5. The lowest BCUT2D eigenvalue weighted by Crippen LogP contribution is -2.17. The summed E-state index contributed by atoms with van der Waals surface area (Å²) in [5.74, 6) is 2.23. The van der Waals surface area contributed by atoms with Gasteiger partial charge in [0.25, 0.3) is 0 Å². The molecule has 146 valence electrons. The Kier molecular flexibility index (Phi) is 4.69. The number of hydrogen-bond donors (Lipinski definition) is 0. The molecule has 2 aromatic carbocycles. The van der Waals surface area contributed by atoms with Gasteiger partial charge < -0.3 is 9.64 Å². The van der Waals surface area contributed by atoms with Gasteiger partial charge in [-0.2, -0.15) is 5.10 Å². The lowest BCUT2D eigenvalue weighted by molar-refractivity contribution is 0.372. The zero-order valence-electron chi connectivity index (χ0n) is 16.4. The van der Waals surface area contributed by atoms with Gasteiger partial charge in [-0.05, 0) is 62.3 Å². The predicted octanol–water partition coefficient (Wildman–Crippen LogP) is 4.24. The molecule has 6 heteroatoms. The Balaban J connectivity index is 1.44. The van der Waals surface area contributed by atoms with Gasteiger partial charge in [-0.25, -0.2) is 14.6 Å². The Hall–Kier alpha value is -3.25. The second-order valence-electron chi connectivity index (χ2n) is 7.65. The van der Waals surface area contributed by atoms with E-state index < -0.39 is 0 Å². The molecule has 29 heavy (non-hydrogen) atoms.